The zero-order valence-electron chi connectivity index (χ0n) is 25.6. The van der Waals surface area contributed by atoms with Crippen LogP contribution in [0.5, 0.6) is 0 Å². The number of para-hydroxylation sites is 1. The van der Waals surface area contributed by atoms with Gasteiger partial charge in [-0.15, -0.1) is 0 Å². The normalized spacial score (nSPS) is 12.9. The minimum atomic E-state index is 0.978. The molecule has 0 radical (unpaired) electrons. The van der Waals surface area contributed by atoms with Crippen LogP contribution >= 0.6 is 0 Å². The van der Waals surface area contributed by atoms with Crippen molar-refractivity contribution in [3.63, 3.8) is 0 Å². The molecule has 0 amide bonds. The van der Waals surface area contributed by atoms with E-state index < -0.39 is 0 Å². The van der Waals surface area contributed by atoms with Gasteiger partial charge >= 0.3 is 0 Å². The molecule has 0 aliphatic rings. The van der Waals surface area contributed by atoms with Gasteiger partial charge in [0, 0.05) is 34.2 Å². The fourth-order valence-electron chi connectivity index (χ4n) is 4.64. The molecule has 0 atom stereocenters. The molecular formula is C41H42N2. The van der Waals surface area contributed by atoms with Gasteiger partial charge in [-0.05, 0) is 105 Å². The standard InChI is InChI=1S/C41H42N2/c1-7-13-22-37(20-11-5)43(38(21-12-6)23-14-8-2)41-32-28-35(29-33-41)34-26-30-40(31-27-34)42(36(18-9-3)19-10-4)39-24-16-15-17-25-39/h7-33H,1,3,5H2,2,4,6H3/b14-8-,19-10-,21-12-,22-13-,36-18+,37-20+,38-23+. The summed E-state index contributed by atoms with van der Waals surface area (Å²) in [5.74, 6) is 0. The summed E-state index contributed by atoms with van der Waals surface area (Å²) in [4.78, 5) is 4.44. The van der Waals surface area contributed by atoms with Crippen molar-refractivity contribution >= 4 is 17.1 Å². The largest absolute Gasteiger partial charge is 0.311 e. The van der Waals surface area contributed by atoms with E-state index in [0.29, 0.717) is 0 Å². The Hall–Kier alpha value is -5.34. The highest BCUT2D eigenvalue weighted by Gasteiger charge is 2.15. The van der Waals surface area contributed by atoms with Gasteiger partial charge in [0.2, 0.25) is 0 Å². The van der Waals surface area contributed by atoms with Gasteiger partial charge in [-0.25, -0.2) is 0 Å². The lowest BCUT2D eigenvalue weighted by molar-refractivity contribution is 1.14. The van der Waals surface area contributed by atoms with Gasteiger partial charge < -0.3 is 9.80 Å². The highest BCUT2D eigenvalue weighted by atomic mass is 15.2. The van der Waals surface area contributed by atoms with E-state index >= 15 is 0 Å². The molecule has 0 saturated carbocycles. The number of hydrogen-bond acceptors (Lipinski definition) is 2. The first-order valence-corrected chi connectivity index (χ1v) is 14.5. The molecule has 0 N–H and O–H groups in total. The second kappa shape index (κ2) is 17.5. The van der Waals surface area contributed by atoms with Crippen LogP contribution in [0.1, 0.15) is 20.8 Å². The maximum atomic E-state index is 3.95. The third-order valence-corrected chi connectivity index (χ3v) is 6.49. The third-order valence-electron chi connectivity index (χ3n) is 6.49. The second-order valence-corrected chi connectivity index (χ2v) is 9.47. The van der Waals surface area contributed by atoms with E-state index in [9.17, 15) is 0 Å². The highest BCUT2D eigenvalue weighted by Crippen LogP contribution is 2.34. The van der Waals surface area contributed by atoms with E-state index in [-0.39, 0.29) is 0 Å². The molecule has 3 aromatic carbocycles. The van der Waals surface area contributed by atoms with E-state index in [2.05, 4.69) is 121 Å². The summed E-state index contributed by atoms with van der Waals surface area (Å²) in [6.07, 6.45) is 27.9. The molecular weight excluding hydrogens is 520 g/mol. The number of hydrogen-bond donors (Lipinski definition) is 0. The zero-order valence-corrected chi connectivity index (χ0v) is 25.6. The summed E-state index contributed by atoms with van der Waals surface area (Å²) in [6, 6.07) is 27.7. The van der Waals surface area contributed by atoms with Gasteiger partial charge in [-0.3, -0.25) is 0 Å². The van der Waals surface area contributed by atoms with Gasteiger partial charge in [-0.2, -0.15) is 0 Å². The molecule has 2 heteroatoms. The summed E-state index contributed by atoms with van der Waals surface area (Å²) in [7, 11) is 0. The molecule has 0 unspecified atom stereocenters. The monoisotopic (exact) mass is 562 g/mol. The minimum absolute atomic E-state index is 0.978. The Kier molecular flexibility index (Phi) is 13.1. The molecule has 0 fully saturated rings. The van der Waals surface area contributed by atoms with Crippen molar-refractivity contribution in [2.24, 2.45) is 0 Å². The Morgan fingerprint density at radius 3 is 1.53 bits per heavy atom. The average Bonchev–Trinajstić information content (AvgIpc) is 3.04. The van der Waals surface area contributed by atoms with Gasteiger partial charge in [0.25, 0.3) is 0 Å². The topological polar surface area (TPSA) is 6.48 Å². The van der Waals surface area contributed by atoms with E-state index in [0.717, 1.165) is 45.3 Å². The van der Waals surface area contributed by atoms with Gasteiger partial charge in [0.1, 0.15) is 0 Å². The number of rotatable bonds is 14. The van der Waals surface area contributed by atoms with Crippen molar-refractivity contribution in [3.8, 4) is 11.1 Å². The number of allylic oxidation sites excluding steroid dienone is 14. The Morgan fingerprint density at radius 2 is 1.00 bits per heavy atom. The number of nitrogens with zero attached hydrogens (tertiary/aromatic N) is 2. The molecule has 43 heavy (non-hydrogen) atoms. The lowest BCUT2D eigenvalue weighted by Crippen LogP contribution is -2.20. The van der Waals surface area contributed by atoms with Crippen LogP contribution in [-0.4, -0.2) is 0 Å². The van der Waals surface area contributed by atoms with Crippen molar-refractivity contribution in [2.45, 2.75) is 20.8 Å². The quantitative estimate of drug-likeness (QED) is 0.180. The first-order valence-electron chi connectivity index (χ1n) is 14.5. The molecule has 0 saturated heterocycles. The van der Waals surface area contributed by atoms with Crippen LogP contribution in [0.2, 0.25) is 0 Å². The molecule has 0 aliphatic heterocycles. The van der Waals surface area contributed by atoms with Gasteiger partial charge in [0.15, 0.2) is 0 Å². The highest BCUT2D eigenvalue weighted by molar-refractivity contribution is 5.75. The second-order valence-electron chi connectivity index (χ2n) is 9.47. The first kappa shape index (κ1) is 32.2. The molecule has 0 heterocycles. The zero-order chi connectivity index (χ0) is 30.9. The average molecular weight is 563 g/mol. The summed E-state index contributed by atoms with van der Waals surface area (Å²) in [6.45, 7) is 17.8. The molecule has 0 aromatic heterocycles. The van der Waals surface area contributed by atoms with E-state index in [1.807, 2.05) is 81.5 Å². The fourth-order valence-corrected chi connectivity index (χ4v) is 4.64. The van der Waals surface area contributed by atoms with E-state index in [1.165, 1.54) is 0 Å². The maximum Gasteiger partial charge on any atom is 0.0462 e. The Morgan fingerprint density at radius 1 is 0.488 bits per heavy atom. The smallest absolute Gasteiger partial charge is 0.0462 e. The predicted molar refractivity (Wildman–Crippen MR) is 191 cm³/mol. The minimum Gasteiger partial charge on any atom is -0.311 e. The first-order chi connectivity index (χ1) is 21.1. The van der Waals surface area contributed by atoms with Gasteiger partial charge in [0.05, 0.1) is 0 Å². The third kappa shape index (κ3) is 8.82. The number of anilines is 3. The SMILES string of the molecule is C=C/C=C\C(=C/C=C)N(C(/C=C\C)=C/C=C\C)c1ccc(-c2ccc(N(C(/C=C\C)=C/C=C)c3ccccc3)cc2)cc1. The lowest BCUT2D eigenvalue weighted by Gasteiger charge is -2.27. The van der Waals surface area contributed by atoms with Crippen molar-refractivity contribution in [1.82, 2.24) is 0 Å². The molecule has 3 aromatic rings. The Bertz CT molecular complexity index is 1550. The molecule has 2 nitrogen and oxygen atoms in total. The Balaban J connectivity index is 2.05. The van der Waals surface area contributed by atoms with Crippen LogP contribution < -0.4 is 9.80 Å². The van der Waals surface area contributed by atoms with Crippen molar-refractivity contribution < 1.29 is 0 Å². The maximum absolute atomic E-state index is 3.95. The predicted octanol–water partition coefficient (Wildman–Crippen LogP) is 11.8. The van der Waals surface area contributed by atoms with Crippen LogP contribution in [0.25, 0.3) is 11.1 Å². The van der Waals surface area contributed by atoms with Crippen molar-refractivity contribution in [3.05, 3.63) is 201 Å². The summed E-state index contributed by atoms with van der Waals surface area (Å²) in [5.41, 5.74) is 8.52. The van der Waals surface area contributed by atoms with Crippen LogP contribution in [0.15, 0.2) is 201 Å². The molecule has 216 valence electrons. The summed E-state index contributed by atoms with van der Waals surface area (Å²) >= 11 is 0. The lowest BCUT2D eigenvalue weighted by atomic mass is 10.0. The summed E-state index contributed by atoms with van der Waals surface area (Å²) < 4.78 is 0. The van der Waals surface area contributed by atoms with E-state index in [4.69, 9.17) is 0 Å². The Labute approximate surface area is 259 Å². The number of benzene rings is 3. The van der Waals surface area contributed by atoms with Crippen LogP contribution in [0.3, 0.4) is 0 Å². The molecule has 0 aliphatic carbocycles. The van der Waals surface area contributed by atoms with Crippen LogP contribution in [0.4, 0.5) is 17.1 Å². The van der Waals surface area contributed by atoms with Gasteiger partial charge in [-0.1, -0.05) is 111 Å². The fraction of sp³-hybridized carbons (Fsp3) is 0.0732. The summed E-state index contributed by atoms with van der Waals surface area (Å²) in [5, 5.41) is 0. The van der Waals surface area contributed by atoms with Crippen molar-refractivity contribution in [2.75, 3.05) is 9.80 Å². The molecule has 0 spiro atoms. The van der Waals surface area contributed by atoms with Crippen LogP contribution in [0, 0.1) is 0 Å². The van der Waals surface area contributed by atoms with Crippen molar-refractivity contribution in [1.29, 1.82) is 0 Å². The van der Waals surface area contributed by atoms with E-state index in [1.54, 1.807) is 12.2 Å². The molecule has 3 rings (SSSR count). The van der Waals surface area contributed by atoms with Crippen LogP contribution in [-0.2, 0) is 0 Å². The molecule has 0 bridgehead atoms.